The largest absolute Gasteiger partial charge is 0.478 e. The van der Waals surface area contributed by atoms with Gasteiger partial charge in [-0.3, -0.25) is 0 Å². The average molecular weight is 237 g/mol. The summed E-state index contributed by atoms with van der Waals surface area (Å²) in [5, 5.41) is 12.0. The fraction of sp³-hybridized carbons (Fsp3) is 0.462. The molecule has 0 aromatic heterocycles. The number of halogens is 1. The third-order valence-electron chi connectivity index (χ3n) is 3.41. The lowest BCUT2D eigenvalue weighted by Crippen LogP contribution is -2.21. The van der Waals surface area contributed by atoms with Gasteiger partial charge in [0.05, 0.1) is 5.56 Å². The van der Waals surface area contributed by atoms with Gasteiger partial charge >= 0.3 is 5.97 Å². The summed E-state index contributed by atoms with van der Waals surface area (Å²) in [7, 11) is 0. The van der Waals surface area contributed by atoms with E-state index in [9.17, 15) is 9.18 Å². The number of hydrogen-bond donors (Lipinski definition) is 2. The Hall–Kier alpha value is -1.58. The molecule has 2 rings (SSSR count). The van der Waals surface area contributed by atoms with E-state index in [-0.39, 0.29) is 5.56 Å². The summed E-state index contributed by atoms with van der Waals surface area (Å²) in [6.45, 7) is 2.17. The third kappa shape index (κ3) is 2.57. The van der Waals surface area contributed by atoms with E-state index in [1.807, 2.05) is 0 Å². The lowest BCUT2D eigenvalue weighted by atomic mass is 10.1. The molecule has 1 aliphatic carbocycles. The number of carboxylic acid groups (broad SMARTS) is 1. The van der Waals surface area contributed by atoms with Crippen LogP contribution in [0.15, 0.2) is 18.2 Å². The van der Waals surface area contributed by atoms with Crippen molar-refractivity contribution in [1.82, 2.24) is 0 Å². The van der Waals surface area contributed by atoms with Gasteiger partial charge in [0.15, 0.2) is 0 Å². The van der Waals surface area contributed by atoms with Gasteiger partial charge in [0.2, 0.25) is 0 Å². The van der Waals surface area contributed by atoms with Crippen molar-refractivity contribution in [2.75, 3.05) is 5.32 Å². The van der Waals surface area contributed by atoms with Gasteiger partial charge in [0, 0.05) is 11.7 Å². The summed E-state index contributed by atoms with van der Waals surface area (Å²) in [6, 6.07) is 4.55. The zero-order valence-corrected chi connectivity index (χ0v) is 9.74. The van der Waals surface area contributed by atoms with Crippen molar-refractivity contribution in [3.63, 3.8) is 0 Å². The Kier molecular flexibility index (Phi) is 3.31. The third-order valence-corrected chi connectivity index (χ3v) is 3.41. The lowest BCUT2D eigenvalue weighted by molar-refractivity contribution is 0.0692. The summed E-state index contributed by atoms with van der Waals surface area (Å²) in [5.74, 6) is -1.34. The van der Waals surface area contributed by atoms with Gasteiger partial charge in [0.1, 0.15) is 5.82 Å². The molecule has 17 heavy (non-hydrogen) atoms. The lowest BCUT2D eigenvalue weighted by Gasteiger charge is -2.18. The molecular weight excluding hydrogens is 221 g/mol. The SMILES string of the molecule is CC1CCCC1Nc1ccc(C(=O)O)c(F)c1. The molecule has 0 heterocycles. The van der Waals surface area contributed by atoms with Gasteiger partial charge < -0.3 is 10.4 Å². The predicted molar refractivity (Wildman–Crippen MR) is 63.8 cm³/mol. The molecule has 92 valence electrons. The Labute approximate surface area is 99.7 Å². The van der Waals surface area contributed by atoms with Crippen LogP contribution in [0.2, 0.25) is 0 Å². The molecule has 0 spiro atoms. The molecule has 0 aliphatic heterocycles. The van der Waals surface area contributed by atoms with Crippen LogP contribution < -0.4 is 5.32 Å². The zero-order chi connectivity index (χ0) is 12.4. The Bertz CT molecular complexity index is 433. The first-order chi connectivity index (χ1) is 8.08. The van der Waals surface area contributed by atoms with Gasteiger partial charge in [0.25, 0.3) is 0 Å². The topological polar surface area (TPSA) is 49.3 Å². The molecule has 1 saturated carbocycles. The minimum atomic E-state index is -1.23. The molecule has 2 unspecified atom stereocenters. The first kappa shape index (κ1) is 11.9. The van der Waals surface area contributed by atoms with Crippen molar-refractivity contribution in [2.45, 2.75) is 32.2 Å². The van der Waals surface area contributed by atoms with Crippen LogP contribution in [0.4, 0.5) is 10.1 Å². The smallest absolute Gasteiger partial charge is 0.338 e. The van der Waals surface area contributed by atoms with Crippen molar-refractivity contribution >= 4 is 11.7 Å². The van der Waals surface area contributed by atoms with Gasteiger partial charge in [-0.2, -0.15) is 0 Å². The zero-order valence-electron chi connectivity index (χ0n) is 9.74. The predicted octanol–water partition coefficient (Wildman–Crippen LogP) is 3.12. The number of carbonyl (C=O) groups is 1. The van der Waals surface area contributed by atoms with Crippen molar-refractivity contribution < 1.29 is 14.3 Å². The van der Waals surface area contributed by atoms with Crippen LogP contribution >= 0.6 is 0 Å². The van der Waals surface area contributed by atoms with Crippen LogP contribution in [0.1, 0.15) is 36.5 Å². The second-order valence-corrected chi connectivity index (χ2v) is 4.66. The Morgan fingerprint density at radius 3 is 2.76 bits per heavy atom. The summed E-state index contributed by atoms with van der Waals surface area (Å²) >= 11 is 0. The fourth-order valence-corrected chi connectivity index (χ4v) is 2.35. The second-order valence-electron chi connectivity index (χ2n) is 4.66. The number of aromatic carboxylic acids is 1. The number of benzene rings is 1. The first-order valence-corrected chi connectivity index (χ1v) is 5.87. The van der Waals surface area contributed by atoms with E-state index in [0.29, 0.717) is 17.6 Å². The van der Waals surface area contributed by atoms with Crippen LogP contribution in [-0.2, 0) is 0 Å². The standard InChI is InChI=1S/C13H16FNO2/c1-8-3-2-4-12(8)15-9-5-6-10(13(16)17)11(14)7-9/h5-8,12,15H,2-4H2,1H3,(H,16,17). The minimum Gasteiger partial charge on any atom is -0.478 e. The molecule has 0 radical (unpaired) electrons. The van der Waals surface area contributed by atoms with E-state index >= 15 is 0 Å². The quantitative estimate of drug-likeness (QED) is 0.849. The van der Waals surface area contributed by atoms with Crippen LogP contribution in [-0.4, -0.2) is 17.1 Å². The van der Waals surface area contributed by atoms with Crippen molar-refractivity contribution in [3.8, 4) is 0 Å². The fourth-order valence-electron chi connectivity index (χ4n) is 2.35. The molecule has 1 aliphatic rings. The van der Waals surface area contributed by atoms with E-state index in [1.165, 1.54) is 25.0 Å². The van der Waals surface area contributed by atoms with Crippen LogP contribution in [0.25, 0.3) is 0 Å². The summed E-state index contributed by atoms with van der Waals surface area (Å²) in [6.07, 6.45) is 3.46. The van der Waals surface area contributed by atoms with Crippen LogP contribution in [0, 0.1) is 11.7 Å². The van der Waals surface area contributed by atoms with E-state index < -0.39 is 11.8 Å². The summed E-state index contributed by atoms with van der Waals surface area (Å²) in [5.41, 5.74) is 0.376. The van der Waals surface area contributed by atoms with Crippen LogP contribution in [0.5, 0.6) is 0 Å². The number of carboxylic acids is 1. The van der Waals surface area contributed by atoms with Crippen molar-refractivity contribution in [3.05, 3.63) is 29.6 Å². The molecule has 1 aromatic rings. The molecule has 1 fully saturated rings. The second kappa shape index (κ2) is 4.73. The molecular formula is C13H16FNO2. The van der Waals surface area contributed by atoms with Crippen LogP contribution in [0.3, 0.4) is 0 Å². The molecule has 0 saturated heterocycles. The summed E-state index contributed by atoms with van der Waals surface area (Å²) in [4.78, 5) is 10.7. The highest BCUT2D eigenvalue weighted by Crippen LogP contribution is 2.28. The number of rotatable bonds is 3. The molecule has 0 amide bonds. The first-order valence-electron chi connectivity index (χ1n) is 5.87. The maximum absolute atomic E-state index is 13.5. The maximum Gasteiger partial charge on any atom is 0.338 e. The van der Waals surface area contributed by atoms with E-state index in [1.54, 1.807) is 6.07 Å². The van der Waals surface area contributed by atoms with Gasteiger partial charge in [-0.25, -0.2) is 9.18 Å². The van der Waals surface area contributed by atoms with E-state index in [0.717, 1.165) is 6.42 Å². The Morgan fingerprint density at radius 2 is 2.24 bits per heavy atom. The van der Waals surface area contributed by atoms with Crippen molar-refractivity contribution in [2.24, 2.45) is 5.92 Å². The molecule has 4 heteroatoms. The van der Waals surface area contributed by atoms with E-state index in [2.05, 4.69) is 12.2 Å². The monoisotopic (exact) mass is 237 g/mol. The molecule has 0 bridgehead atoms. The highest BCUT2D eigenvalue weighted by atomic mass is 19.1. The molecule has 2 atom stereocenters. The molecule has 2 N–H and O–H groups in total. The summed E-state index contributed by atoms with van der Waals surface area (Å²) < 4.78 is 13.5. The highest BCUT2D eigenvalue weighted by molar-refractivity contribution is 5.88. The highest BCUT2D eigenvalue weighted by Gasteiger charge is 2.23. The Morgan fingerprint density at radius 1 is 1.47 bits per heavy atom. The average Bonchev–Trinajstić information content (AvgIpc) is 2.64. The minimum absolute atomic E-state index is 0.282. The number of anilines is 1. The number of hydrogen-bond acceptors (Lipinski definition) is 2. The molecule has 1 aromatic carbocycles. The Balaban J connectivity index is 2.12. The normalized spacial score (nSPS) is 23.6. The van der Waals surface area contributed by atoms with E-state index in [4.69, 9.17) is 5.11 Å². The molecule has 3 nitrogen and oxygen atoms in total. The van der Waals surface area contributed by atoms with Gasteiger partial charge in [-0.1, -0.05) is 13.3 Å². The van der Waals surface area contributed by atoms with Crippen molar-refractivity contribution in [1.29, 1.82) is 0 Å². The van der Waals surface area contributed by atoms with Gasteiger partial charge in [-0.05, 0) is 37.0 Å². The van der Waals surface area contributed by atoms with Gasteiger partial charge in [-0.15, -0.1) is 0 Å². The number of nitrogens with one attached hydrogen (secondary N) is 1. The maximum atomic E-state index is 13.5.